The highest BCUT2D eigenvalue weighted by molar-refractivity contribution is 6.33. The van der Waals surface area contributed by atoms with E-state index in [9.17, 15) is 4.79 Å². The van der Waals surface area contributed by atoms with Gasteiger partial charge in [0.25, 0.3) is 0 Å². The lowest BCUT2D eigenvalue weighted by molar-refractivity contribution is -0.131. The second-order valence-corrected chi connectivity index (χ2v) is 5.78. The summed E-state index contributed by atoms with van der Waals surface area (Å²) >= 11 is 6.14. The van der Waals surface area contributed by atoms with Gasteiger partial charge in [0.2, 0.25) is 5.91 Å². The summed E-state index contributed by atoms with van der Waals surface area (Å²) in [6, 6.07) is 11.2. The number of aromatic nitrogens is 1. The van der Waals surface area contributed by atoms with Crippen molar-refractivity contribution in [3.63, 3.8) is 0 Å². The average molecular weight is 327 g/mol. The largest absolute Gasteiger partial charge is 0.359 e. The molecule has 0 radical (unpaired) electrons. The van der Waals surface area contributed by atoms with Gasteiger partial charge in [0.05, 0.1) is 28.9 Å². The highest BCUT2D eigenvalue weighted by Crippen LogP contribution is 2.25. The number of anilines is 1. The van der Waals surface area contributed by atoms with Gasteiger partial charge in [0.1, 0.15) is 0 Å². The fraction of sp³-hybridized carbons (Fsp3) is 0.235. The third-order valence-electron chi connectivity index (χ3n) is 3.87. The van der Waals surface area contributed by atoms with Crippen LogP contribution in [0.2, 0.25) is 5.02 Å². The number of nitriles is 1. The summed E-state index contributed by atoms with van der Waals surface area (Å²) in [5.74, 6) is 0.0634. The van der Waals surface area contributed by atoms with Crippen molar-refractivity contribution >= 4 is 23.2 Å². The SMILES string of the molecule is N#Cc1ccc(CN2CCN(c3ccncc3Cl)CC2=O)cc1. The third-order valence-corrected chi connectivity index (χ3v) is 4.16. The van der Waals surface area contributed by atoms with Crippen LogP contribution in [0.4, 0.5) is 5.69 Å². The van der Waals surface area contributed by atoms with Crippen molar-refractivity contribution in [1.82, 2.24) is 9.88 Å². The Morgan fingerprint density at radius 2 is 2.00 bits per heavy atom. The van der Waals surface area contributed by atoms with Crippen molar-refractivity contribution in [3.05, 3.63) is 58.9 Å². The lowest BCUT2D eigenvalue weighted by Gasteiger charge is -2.36. The highest BCUT2D eigenvalue weighted by atomic mass is 35.5. The van der Waals surface area contributed by atoms with Gasteiger partial charge in [0.15, 0.2) is 0 Å². The van der Waals surface area contributed by atoms with E-state index >= 15 is 0 Å². The first-order chi connectivity index (χ1) is 11.2. The number of piperazine rings is 1. The van der Waals surface area contributed by atoms with Crippen molar-refractivity contribution in [2.75, 3.05) is 24.5 Å². The zero-order valence-corrected chi connectivity index (χ0v) is 13.2. The molecule has 1 fully saturated rings. The Morgan fingerprint density at radius 3 is 2.65 bits per heavy atom. The zero-order valence-electron chi connectivity index (χ0n) is 12.4. The lowest BCUT2D eigenvalue weighted by Crippen LogP contribution is -2.50. The number of nitrogens with zero attached hydrogens (tertiary/aromatic N) is 4. The van der Waals surface area contributed by atoms with Crippen LogP contribution >= 0.6 is 11.6 Å². The molecule has 116 valence electrons. The Morgan fingerprint density at radius 1 is 1.22 bits per heavy atom. The number of halogens is 1. The summed E-state index contributed by atoms with van der Waals surface area (Å²) in [5.41, 5.74) is 2.48. The van der Waals surface area contributed by atoms with Crippen LogP contribution in [0, 0.1) is 11.3 Å². The monoisotopic (exact) mass is 326 g/mol. The maximum absolute atomic E-state index is 12.4. The molecule has 0 saturated carbocycles. The summed E-state index contributed by atoms with van der Waals surface area (Å²) in [6.07, 6.45) is 3.26. The molecule has 0 aliphatic carbocycles. The number of rotatable bonds is 3. The standard InChI is InChI=1S/C17H15ClN4O/c18-15-10-20-6-5-16(15)21-7-8-22(17(23)12-21)11-14-3-1-13(9-19)2-4-14/h1-6,10H,7-8,11-12H2. The molecule has 1 aromatic heterocycles. The highest BCUT2D eigenvalue weighted by Gasteiger charge is 2.25. The van der Waals surface area contributed by atoms with Crippen LogP contribution in [0.1, 0.15) is 11.1 Å². The smallest absolute Gasteiger partial charge is 0.242 e. The van der Waals surface area contributed by atoms with Crippen molar-refractivity contribution in [2.45, 2.75) is 6.54 Å². The number of hydrogen-bond acceptors (Lipinski definition) is 4. The maximum Gasteiger partial charge on any atom is 0.242 e. The molecule has 0 unspecified atom stereocenters. The quantitative estimate of drug-likeness (QED) is 0.869. The van der Waals surface area contributed by atoms with E-state index in [1.54, 1.807) is 24.5 Å². The molecule has 0 spiro atoms. The van der Waals surface area contributed by atoms with E-state index in [4.69, 9.17) is 16.9 Å². The molecule has 1 aliphatic rings. The van der Waals surface area contributed by atoms with Crippen LogP contribution in [-0.4, -0.2) is 35.4 Å². The van der Waals surface area contributed by atoms with Gasteiger partial charge in [0, 0.05) is 32.0 Å². The number of carbonyl (C=O) groups excluding carboxylic acids is 1. The van der Waals surface area contributed by atoms with Gasteiger partial charge in [-0.3, -0.25) is 9.78 Å². The number of carbonyl (C=O) groups is 1. The van der Waals surface area contributed by atoms with Gasteiger partial charge in [-0.1, -0.05) is 23.7 Å². The molecule has 23 heavy (non-hydrogen) atoms. The lowest BCUT2D eigenvalue weighted by atomic mass is 10.1. The number of hydrogen-bond donors (Lipinski definition) is 0. The molecule has 0 atom stereocenters. The summed E-state index contributed by atoms with van der Waals surface area (Å²) in [5, 5.41) is 9.37. The Labute approximate surface area is 139 Å². The molecule has 1 amide bonds. The molecule has 5 nitrogen and oxygen atoms in total. The fourth-order valence-electron chi connectivity index (χ4n) is 2.61. The molecule has 3 rings (SSSR count). The Kier molecular flexibility index (Phi) is 4.45. The van der Waals surface area contributed by atoms with Crippen LogP contribution in [0.3, 0.4) is 0 Å². The predicted molar refractivity (Wildman–Crippen MR) is 88.0 cm³/mol. The van der Waals surface area contributed by atoms with Gasteiger partial charge in [-0.05, 0) is 23.8 Å². The molecule has 6 heteroatoms. The molecule has 1 aromatic carbocycles. The molecule has 2 aromatic rings. The molecule has 0 N–H and O–H groups in total. The van der Waals surface area contributed by atoms with Crippen molar-refractivity contribution in [1.29, 1.82) is 5.26 Å². The van der Waals surface area contributed by atoms with E-state index in [1.807, 2.05) is 28.0 Å². The number of benzene rings is 1. The Bertz CT molecular complexity index is 754. The summed E-state index contributed by atoms with van der Waals surface area (Å²) in [6.45, 7) is 2.23. The first kappa shape index (κ1) is 15.3. The normalized spacial score (nSPS) is 14.7. The van der Waals surface area contributed by atoms with Gasteiger partial charge in [-0.15, -0.1) is 0 Å². The first-order valence-electron chi connectivity index (χ1n) is 7.28. The fourth-order valence-corrected chi connectivity index (χ4v) is 2.85. The van der Waals surface area contributed by atoms with E-state index in [-0.39, 0.29) is 5.91 Å². The topological polar surface area (TPSA) is 60.2 Å². The number of pyridine rings is 1. The Balaban J connectivity index is 1.66. The van der Waals surface area contributed by atoms with E-state index in [0.29, 0.717) is 30.2 Å². The van der Waals surface area contributed by atoms with Crippen LogP contribution in [0.25, 0.3) is 0 Å². The maximum atomic E-state index is 12.4. The second-order valence-electron chi connectivity index (χ2n) is 5.37. The van der Waals surface area contributed by atoms with Gasteiger partial charge in [-0.2, -0.15) is 5.26 Å². The minimum absolute atomic E-state index is 0.0634. The minimum atomic E-state index is 0.0634. The third kappa shape index (κ3) is 3.43. The van der Waals surface area contributed by atoms with E-state index in [1.165, 1.54) is 0 Å². The van der Waals surface area contributed by atoms with Gasteiger partial charge in [-0.25, -0.2) is 0 Å². The predicted octanol–water partition coefficient (Wildman–Crippen LogP) is 2.46. The van der Waals surface area contributed by atoms with Crippen LogP contribution in [0.5, 0.6) is 0 Å². The molecule has 1 aliphatic heterocycles. The summed E-state index contributed by atoms with van der Waals surface area (Å²) < 4.78 is 0. The summed E-state index contributed by atoms with van der Waals surface area (Å²) in [4.78, 5) is 20.2. The molecule has 2 heterocycles. The van der Waals surface area contributed by atoms with Crippen LogP contribution in [-0.2, 0) is 11.3 Å². The molecular formula is C17H15ClN4O. The summed E-state index contributed by atoms with van der Waals surface area (Å²) in [7, 11) is 0. The average Bonchev–Trinajstić information content (AvgIpc) is 2.58. The number of amides is 1. The zero-order chi connectivity index (χ0) is 16.2. The van der Waals surface area contributed by atoms with Crippen LogP contribution < -0.4 is 4.90 Å². The van der Waals surface area contributed by atoms with Crippen molar-refractivity contribution in [2.24, 2.45) is 0 Å². The van der Waals surface area contributed by atoms with Gasteiger partial charge >= 0.3 is 0 Å². The second kappa shape index (κ2) is 6.67. The van der Waals surface area contributed by atoms with Gasteiger partial charge < -0.3 is 9.80 Å². The first-order valence-corrected chi connectivity index (χ1v) is 7.66. The van der Waals surface area contributed by atoms with E-state index < -0.39 is 0 Å². The molecule has 1 saturated heterocycles. The molecular weight excluding hydrogens is 312 g/mol. The Hall–Kier alpha value is -2.58. The van der Waals surface area contributed by atoms with Crippen molar-refractivity contribution < 1.29 is 4.79 Å². The minimum Gasteiger partial charge on any atom is -0.359 e. The van der Waals surface area contributed by atoms with Crippen molar-refractivity contribution in [3.8, 4) is 6.07 Å². The molecule has 0 bridgehead atoms. The van der Waals surface area contributed by atoms with Crippen LogP contribution in [0.15, 0.2) is 42.7 Å². The van der Waals surface area contributed by atoms with E-state index in [0.717, 1.165) is 17.8 Å². The van der Waals surface area contributed by atoms with E-state index in [2.05, 4.69) is 11.1 Å².